The second-order valence-corrected chi connectivity index (χ2v) is 6.23. The Morgan fingerprint density at radius 1 is 1.39 bits per heavy atom. The Bertz CT molecular complexity index is 392. The van der Waals surface area contributed by atoms with Crippen LogP contribution in [0.4, 0.5) is 0 Å². The minimum absolute atomic E-state index is 0.527. The zero-order valence-electron chi connectivity index (χ0n) is 11.5. The van der Waals surface area contributed by atoms with E-state index in [0.29, 0.717) is 11.3 Å². The van der Waals surface area contributed by atoms with E-state index in [1.54, 1.807) is 0 Å². The average molecular weight is 265 g/mol. The van der Waals surface area contributed by atoms with Crippen LogP contribution in [0.15, 0.2) is 23.1 Å². The molecule has 1 fully saturated rings. The van der Waals surface area contributed by atoms with Gasteiger partial charge in [0.1, 0.15) is 0 Å². The molecule has 0 aliphatic carbocycles. The van der Waals surface area contributed by atoms with E-state index in [2.05, 4.69) is 44.3 Å². The summed E-state index contributed by atoms with van der Waals surface area (Å²) in [6.07, 6.45) is 1.12. The molecule has 0 radical (unpaired) electrons. The van der Waals surface area contributed by atoms with Crippen LogP contribution in [0.25, 0.3) is 0 Å². The molecule has 2 nitrogen and oxygen atoms in total. The molecule has 2 rings (SSSR count). The Morgan fingerprint density at radius 2 is 2.22 bits per heavy atom. The third-order valence-electron chi connectivity index (χ3n) is 3.39. The van der Waals surface area contributed by atoms with Crippen molar-refractivity contribution < 1.29 is 4.74 Å². The normalized spacial score (nSPS) is 24.2. The van der Waals surface area contributed by atoms with Crippen molar-refractivity contribution in [1.82, 2.24) is 5.32 Å². The molecule has 1 heterocycles. The van der Waals surface area contributed by atoms with Gasteiger partial charge in [0.2, 0.25) is 0 Å². The largest absolute Gasteiger partial charge is 0.380 e. The lowest BCUT2D eigenvalue weighted by Gasteiger charge is -2.32. The first-order valence-corrected chi connectivity index (χ1v) is 7.63. The molecule has 2 atom stereocenters. The molecule has 1 aliphatic rings. The predicted octanol–water partition coefficient (Wildman–Crippen LogP) is 3.16. The van der Waals surface area contributed by atoms with Crippen molar-refractivity contribution in [3.05, 3.63) is 29.3 Å². The first-order valence-electron chi connectivity index (χ1n) is 6.75. The third-order valence-corrected chi connectivity index (χ3v) is 4.85. The molecule has 0 spiro atoms. The van der Waals surface area contributed by atoms with Crippen molar-refractivity contribution in [1.29, 1.82) is 0 Å². The number of hydrogen-bond donors (Lipinski definition) is 1. The van der Waals surface area contributed by atoms with E-state index < -0.39 is 0 Å². The van der Waals surface area contributed by atoms with Gasteiger partial charge in [-0.2, -0.15) is 0 Å². The smallest absolute Gasteiger partial charge is 0.0603 e. The van der Waals surface area contributed by atoms with Gasteiger partial charge >= 0.3 is 0 Å². The lowest BCUT2D eigenvalue weighted by molar-refractivity contribution is 0.0837. The summed E-state index contributed by atoms with van der Waals surface area (Å²) in [5.74, 6) is 0. The summed E-state index contributed by atoms with van der Waals surface area (Å²) in [5, 5.41) is 4.12. The number of rotatable bonds is 4. The third kappa shape index (κ3) is 3.50. The van der Waals surface area contributed by atoms with E-state index in [4.69, 9.17) is 4.74 Å². The van der Waals surface area contributed by atoms with Gasteiger partial charge in [-0.25, -0.2) is 0 Å². The molecular weight excluding hydrogens is 242 g/mol. The highest BCUT2D eigenvalue weighted by Crippen LogP contribution is 2.31. The molecule has 2 unspecified atom stereocenters. The van der Waals surface area contributed by atoms with E-state index in [9.17, 15) is 0 Å². The topological polar surface area (TPSA) is 21.3 Å². The molecule has 1 aliphatic heterocycles. The SMILES string of the molecule is CCNC1CCOCC1Sc1cc(C)ccc1C. The van der Waals surface area contributed by atoms with Crippen molar-refractivity contribution in [3.8, 4) is 0 Å². The van der Waals surface area contributed by atoms with E-state index in [1.165, 1.54) is 16.0 Å². The fourth-order valence-corrected chi connectivity index (χ4v) is 3.72. The van der Waals surface area contributed by atoms with Crippen LogP contribution >= 0.6 is 11.8 Å². The Kier molecular flexibility index (Phi) is 5.10. The summed E-state index contributed by atoms with van der Waals surface area (Å²) in [4.78, 5) is 1.40. The maximum atomic E-state index is 5.64. The summed E-state index contributed by atoms with van der Waals surface area (Å²) in [7, 11) is 0. The lowest BCUT2D eigenvalue weighted by atomic mass is 10.1. The molecule has 0 aromatic heterocycles. The molecule has 18 heavy (non-hydrogen) atoms. The van der Waals surface area contributed by atoms with Crippen LogP contribution in [0.5, 0.6) is 0 Å². The van der Waals surface area contributed by atoms with Crippen LogP contribution in [0, 0.1) is 13.8 Å². The molecule has 0 bridgehead atoms. The maximum Gasteiger partial charge on any atom is 0.0603 e. The van der Waals surface area contributed by atoms with Gasteiger partial charge in [0.15, 0.2) is 0 Å². The molecule has 1 aromatic rings. The highest BCUT2D eigenvalue weighted by atomic mass is 32.2. The van der Waals surface area contributed by atoms with Gasteiger partial charge in [-0.1, -0.05) is 24.6 Å². The molecule has 1 aromatic carbocycles. The van der Waals surface area contributed by atoms with Gasteiger partial charge in [-0.05, 0) is 38.4 Å². The molecule has 0 saturated carbocycles. The highest BCUT2D eigenvalue weighted by molar-refractivity contribution is 8.00. The first-order chi connectivity index (χ1) is 8.70. The van der Waals surface area contributed by atoms with Crippen molar-refractivity contribution in [2.45, 2.75) is 43.4 Å². The van der Waals surface area contributed by atoms with Crippen LogP contribution in [-0.4, -0.2) is 31.1 Å². The summed E-state index contributed by atoms with van der Waals surface area (Å²) in [6, 6.07) is 7.26. The van der Waals surface area contributed by atoms with E-state index in [-0.39, 0.29) is 0 Å². The minimum Gasteiger partial charge on any atom is -0.380 e. The highest BCUT2D eigenvalue weighted by Gasteiger charge is 2.26. The summed E-state index contributed by atoms with van der Waals surface area (Å²) in [6.45, 7) is 9.30. The number of benzene rings is 1. The molecule has 1 N–H and O–H groups in total. The predicted molar refractivity (Wildman–Crippen MR) is 78.5 cm³/mol. The standard InChI is InChI=1S/C15H23NOS/c1-4-16-13-7-8-17-10-15(13)18-14-9-11(2)5-6-12(14)3/h5-6,9,13,15-16H,4,7-8,10H2,1-3H3. The average Bonchev–Trinajstić information content (AvgIpc) is 2.36. The molecular formula is C15H23NOS. The van der Waals surface area contributed by atoms with E-state index >= 15 is 0 Å². The Hall–Kier alpha value is -0.510. The number of hydrogen-bond acceptors (Lipinski definition) is 3. The lowest BCUT2D eigenvalue weighted by Crippen LogP contribution is -2.44. The zero-order chi connectivity index (χ0) is 13.0. The van der Waals surface area contributed by atoms with Gasteiger partial charge in [0.25, 0.3) is 0 Å². The van der Waals surface area contributed by atoms with Gasteiger partial charge < -0.3 is 10.1 Å². The van der Waals surface area contributed by atoms with Gasteiger partial charge in [-0.15, -0.1) is 11.8 Å². The Labute approximate surface area is 114 Å². The van der Waals surface area contributed by atoms with Gasteiger partial charge in [0, 0.05) is 22.8 Å². The molecule has 100 valence electrons. The van der Waals surface area contributed by atoms with Crippen molar-refractivity contribution in [2.24, 2.45) is 0 Å². The first kappa shape index (κ1) is 13.9. The molecule has 3 heteroatoms. The number of nitrogens with one attached hydrogen (secondary N) is 1. The fourth-order valence-electron chi connectivity index (χ4n) is 2.32. The van der Waals surface area contributed by atoms with Crippen LogP contribution in [-0.2, 0) is 4.74 Å². The quantitative estimate of drug-likeness (QED) is 0.903. The number of thioether (sulfide) groups is 1. The Morgan fingerprint density at radius 3 is 3.00 bits per heavy atom. The van der Waals surface area contributed by atoms with Crippen LogP contribution < -0.4 is 5.32 Å². The molecule has 1 saturated heterocycles. The van der Waals surface area contributed by atoms with Crippen LogP contribution in [0.1, 0.15) is 24.5 Å². The second-order valence-electron chi connectivity index (χ2n) is 4.95. The van der Waals surface area contributed by atoms with Gasteiger partial charge in [0.05, 0.1) is 6.61 Å². The number of ether oxygens (including phenoxy) is 1. The van der Waals surface area contributed by atoms with Crippen LogP contribution in [0.2, 0.25) is 0 Å². The van der Waals surface area contributed by atoms with Gasteiger partial charge in [-0.3, -0.25) is 0 Å². The van der Waals surface area contributed by atoms with E-state index in [0.717, 1.165) is 26.2 Å². The van der Waals surface area contributed by atoms with Crippen molar-refractivity contribution >= 4 is 11.8 Å². The monoisotopic (exact) mass is 265 g/mol. The van der Waals surface area contributed by atoms with E-state index in [1.807, 2.05) is 11.8 Å². The van der Waals surface area contributed by atoms with Crippen LogP contribution in [0.3, 0.4) is 0 Å². The fraction of sp³-hybridized carbons (Fsp3) is 0.600. The van der Waals surface area contributed by atoms with Crippen molar-refractivity contribution in [2.75, 3.05) is 19.8 Å². The summed E-state index contributed by atoms with van der Waals surface area (Å²) < 4.78 is 5.64. The second kappa shape index (κ2) is 6.60. The Balaban J connectivity index is 2.08. The number of aryl methyl sites for hydroxylation is 2. The summed E-state index contributed by atoms with van der Waals surface area (Å²) >= 11 is 1.97. The zero-order valence-corrected chi connectivity index (χ0v) is 12.3. The minimum atomic E-state index is 0.527. The summed E-state index contributed by atoms with van der Waals surface area (Å²) in [5.41, 5.74) is 2.70. The molecule has 0 amide bonds. The van der Waals surface area contributed by atoms with Crippen molar-refractivity contribution in [3.63, 3.8) is 0 Å². The maximum absolute atomic E-state index is 5.64.